The van der Waals surface area contributed by atoms with E-state index in [0.29, 0.717) is 5.15 Å². The molecule has 0 atom stereocenters. The summed E-state index contributed by atoms with van der Waals surface area (Å²) >= 11 is 8.31. The molecule has 1 aliphatic heterocycles. The van der Waals surface area contributed by atoms with Crippen molar-refractivity contribution >= 4 is 34.3 Å². The largest absolute Gasteiger partial charge is 0.297 e. The van der Waals surface area contributed by atoms with E-state index in [1.807, 2.05) is 30.0 Å². The van der Waals surface area contributed by atoms with Crippen molar-refractivity contribution in [2.75, 3.05) is 24.6 Å². The molecule has 1 saturated heterocycles. The Balaban J connectivity index is 1.88. The molecule has 4 heteroatoms. The summed E-state index contributed by atoms with van der Waals surface area (Å²) in [5, 5.41) is 1.82. The van der Waals surface area contributed by atoms with Crippen molar-refractivity contribution in [1.29, 1.82) is 0 Å². The lowest BCUT2D eigenvalue weighted by Crippen LogP contribution is -2.32. The number of pyridine rings is 1. The molecule has 0 aliphatic carbocycles. The number of nitrogens with zero attached hydrogens (tertiary/aromatic N) is 2. The highest BCUT2D eigenvalue weighted by Gasteiger charge is 2.13. The average molecular weight is 279 g/mol. The van der Waals surface area contributed by atoms with Crippen LogP contribution in [0.2, 0.25) is 5.15 Å². The molecule has 2 heterocycles. The maximum atomic E-state index is 6.28. The van der Waals surface area contributed by atoms with Crippen LogP contribution in [0.5, 0.6) is 0 Å². The summed E-state index contributed by atoms with van der Waals surface area (Å²) in [6.45, 7) is 3.21. The number of hydrogen-bond acceptors (Lipinski definition) is 3. The summed E-state index contributed by atoms with van der Waals surface area (Å²) in [5.74, 6) is 2.44. The molecule has 2 nitrogen and oxygen atoms in total. The normalized spacial score (nSPS) is 17.2. The summed E-state index contributed by atoms with van der Waals surface area (Å²) in [7, 11) is 0. The van der Waals surface area contributed by atoms with Gasteiger partial charge in [0.05, 0.1) is 5.52 Å². The fraction of sp³-hybridized carbons (Fsp3) is 0.357. The molecule has 3 rings (SSSR count). The summed E-state index contributed by atoms with van der Waals surface area (Å²) < 4.78 is 0. The predicted molar refractivity (Wildman–Crippen MR) is 79.4 cm³/mol. The van der Waals surface area contributed by atoms with Crippen molar-refractivity contribution in [3.8, 4) is 0 Å². The van der Waals surface area contributed by atoms with Gasteiger partial charge >= 0.3 is 0 Å². The van der Waals surface area contributed by atoms with Crippen LogP contribution in [0.25, 0.3) is 10.9 Å². The number of aromatic nitrogens is 1. The Labute approximate surface area is 116 Å². The summed E-state index contributed by atoms with van der Waals surface area (Å²) in [6.07, 6.45) is 0. The predicted octanol–water partition coefficient (Wildman–Crippen LogP) is 3.44. The van der Waals surface area contributed by atoms with Gasteiger partial charge in [0.1, 0.15) is 5.15 Å². The minimum atomic E-state index is 0.645. The number of fused-ring (bicyclic) bond motifs is 1. The average Bonchev–Trinajstić information content (AvgIpc) is 2.41. The van der Waals surface area contributed by atoms with Crippen LogP contribution in [0.3, 0.4) is 0 Å². The van der Waals surface area contributed by atoms with E-state index in [1.165, 1.54) is 16.9 Å². The molecule has 1 aromatic carbocycles. The zero-order chi connectivity index (χ0) is 12.4. The molecule has 0 bridgehead atoms. The van der Waals surface area contributed by atoms with Gasteiger partial charge in [-0.15, -0.1) is 0 Å². The fourth-order valence-corrected chi connectivity index (χ4v) is 3.43. The Morgan fingerprint density at radius 3 is 2.83 bits per heavy atom. The number of para-hydroxylation sites is 1. The first-order chi connectivity index (χ1) is 8.83. The molecule has 0 saturated carbocycles. The fourth-order valence-electron chi connectivity index (χ4n) is 2.25. The van der Waals surface area contributed by atoms with Gasteiger partial charge in [0, 0.05) is 42.1 Å². The lowest BCUT2D eigenvalue weighted by molar-refractivity contribution is 0.294. The molecule has 0 spiro atoms. The van der Waals surface area contributed by atoms with Gasteiger partial charge in [0.2, 0.25) is 0 Å². The number of hydrogen-bond donors (Lipinski definition) is 0. The van der Waals surface area contributed by atoms with E-state index in [-0.39, 0.29) is 0 Å². The van der Waals surface area contributed by atoms with Gasteiger partial charge in [0.25, 0.3) is 0 Å². The van der Waals surface area contributed by atoms with E-state index >= 15 is 0 Å². The molecular formula is C14H15ClN2S. The summed E-state index contributed by atoms with van der Waals surface area (Å²) in [6, 6.07) is 10.3. The highest BCUT2D eigenvalue weighted by molar-refractivity contribution is 7.99. The Kier molecular flexibility index (Phi) is 3.73. The molecule has 94 valence electrons. The zero-order valence-corrected chi connectivity index (χ0v) is 11.7. The van der Waals surface area contributed by atoms with Crippen LogP contribution in [-0.2, 0) is 6.54 Å². The van der Waals surface area contributed by atoms with E-state index in [1.54, 1.807) is 0 Å². The minimum Gasteiger partial charge on any atom is -0.297 e. The van der Waals surface area contributed by atoms with Crippen molar-refractivity contribution in [1.82, 2.24) is 9.88 Å². The second kappa shape index (κ2) is 5.47. The quantitative estimate of drug-likeness (QED) is 0.783. The first kappa shape index (κ1) is 12.3. The summed E-state index contributed by atoms with van der Waals surface area (Å²) in [5.41, 5.74) is 2.11. The highest BCUT2D eigenvalue weighted by atomic mass is 35.5. The molecule has 18 heavy (non-hydrogen) atoms. The van der Waals surface area contributed by atoms with Gasteiger partial charge in [-0.2, -0.15) is 11.8 Å². The third kappa shape index (κ3) is 2.63. The van der Waals surface area contributed by atoms with Crippen LogP contribution in [0.1, 0.15) is 5.56 Å². The van der Waals surface area contributed by atoms with Crippen molar-refractivity contribution in [2.24, 2.45) is 0 Å². The van der Waals surface area contributed by atoms with Crippen LogP contribution in [0, 0.1) is 0 Å². The van der Waals surface area contributed by atoms with Crippen molar-refractivity contribution in [3.63, 3.8) is 0 Å². The number of halogens is 1. The zero-order valence-electron chi connectivity index (χ0n) is 10.1. The van der Waals surface area contributed by atoms with Crippen LogP contribution in [0.15, 0.2) is 30.3 Å². The second-order valence-electron chi connectivity index (χ2n) is 4.52. The number of thioether (sulfide) groups is 1. The first-order valence-electron chi connectivity index (χ1n) is 6.17. The molecule has 1 aliphatic rings. The maximum absolute atomic E-state index is 6.28. The molecular weight excluding hydrogens is 264 g/mol. The molecule has 0 radical (unpaired) electrons. The summed E-state index contributed by atoms with van der Waals surface area (Å²) in [4.78, 5) is 6.93. The van der Waals surface area contributed by atoms with E-state index < -0.39 is 0 Å². The Morgan fingerprint density at radius 2 is 2.00 bits per heavy atom. The first-order valence-corrected chi connectivity index (χ1v) is 7.70. The Bertz CT molecular complexity index is 552. The van der Waals surface area contributed by atoms with Crippen molar-refractivity contribution < 1.29 is 0 Å². The lowest BCUT2D eigenvalue weighted by atomic mass is 10.1. The van der Waals surface area contributed by atoms with Gasteiger partial charge in [-0.25, -0.2) is 4.98 Å². The van der Waals surface area contributed by atoms with Gasteiger partial charge in [0.15, 0.2) is 0 Å². The van der Waals surface area contributed by atoms with E-state index in [9.17, 15) is 0 Å². The number of benzene rings is 1. The van der Waals surface area contributed by atoms with Crippen molar-refractivity contribution in [2.45, 2.75) is 6.54 Å². The van der Waals surface area contributed by atoms with Crippen LogP contribution in [0.4, 0.5) is 0 Å². The van der Waals surface area contributed by atoms with Crippen LogP contribution in [-0.4, -0.2) is 34.5 Å². The monoisotopic (exact) mass is 278 g/mol. The third-order valence-corrected chi connectivity index (χ3v) is 4.52. The Morgan fingerprint density at radius 1 is 1.22 bits per heavy atom. The number of rotatable bonds is 2. The molecule has 0 amide bonds. The van der Waals surface area contributed by atoms with E-state index in [4.69, 9.17) is 11.6 Å². The third-order valence-electron chi connectivity index (χ3n) is 3.25. The minimum absolute atomic E-state index is 0.645. The van der Waals surface area contributed by atoms with E-state index in [2.05, 4.69) is 22.0 Å². The Hall–Kier alpha value is -0.770. The topological polar surface area (TPSA) is 16.1 Å². The molecule has 2 aromatic rings. The smallest absolute Gasteiger partial charge is 0.134 e. The van der Waals surface area contributed by atoms with Gasteiger partial charge in [-0.1, -0.05) is 29.8 Å². The van der Waals surface area contributed by atoms with E-state index in [0.717, 1.165) is 30.7 Å². The maximum Gasteiger partial charge on any atom is 0.134 e. The van der Waals surface area contributed by atoms with Crippen LogP contribution >= 0.6 is 23.4 Å². The molecule has 1 aromatic heterocycles. The van der Waals surface area contributed by atoms with Gasteiger partial charge in [-0.05, 0) is 12.1 Å². The van der Waals surface area contributed by atoms with Gasteiger partial charge in [-0.3, -0.25) is 4.90 Å². The molecule has 0 unspecified atom stereocenters. The SMILES string of the molecule is Clc1nc2ccccc2cc1CN1CCSCC1. The second-order valence-corrected chi connectivity index (χ2v) is 6.10. The van der Waals surface area contributed by atoms with Gasteiger partial charge < -0.3 is 0 Å². The lowest BCUT2D eigenvalue weighted by Gasteiger charge is -2.26. The molecule has 1 fully saturated rings. The van der Waals surface area contributed by atoms with Crippen molar-refractivity contribution in [3.05, 3.63) is 41.0 Å². The highest BCUT2D eigenvalue weighted by Crippen LogP contribution is 2.22. The molecule has 0 N–H and O–H groups in total. The van der Waals surface area contributed by atoms with Crippen LogP contribution < -0.4 is 0 Å². The standard InChI is InChI=1S/C14H15ClN2S/c15-14-12(10-17-5-7-18-8-6-17)9-11-3-1-2-4-13(11)16-14/h1-4,9H,5-8,10H2.